The number of benzene rings is 1. The number of pyridine rings is 1. The molecule has 1 aromatic carbocycles. The molecule has 0 spiro atoms. The Kier molecular flexibility index (Phi) is 6.17. The van der Waals surface area contributed by atoms with Crippen LogP contribution in [0.15, 0.2) is 65.8 Å². The molecule has 1 atom stereocenters. The van der Waals surface area contributed by atoms with Crippen LogP contribution in [0.1, 0.15) is 26.3 Å². The average molecular weight is 446 g/mol. The molecule has 0 aliphatic heterocycles. The maximum absolute atomic E-state index is 14.5. The number of amides is 1. The van der Waals surface area contributed by atoms with E-state index >= 15 is 0 Å². The number of nitrogens with one attached hydrogen (secondary N) is 1. The van der Waals surface area contributed by atoms with E-state index in [1.165, 1.54) is 36.7 Å². The highest BCUT2D eigenvalue weighted by Gasteiger charge is 2.29. The van der Waals surface area contributed by atoms with Crippen molar-refractivity contribution in [1.29, 1.82) is 0 Å². The minimum absolute atomic E-state index is 0.0340. The van der Waals surface area contributed by atoms with Gasteiger partial charge >= 0.3 is 6.09 Å². The summed E-state index contributed by atoms with van der Waals surface area (Å²) in [4.78, 5) is 14.9. The molecule has 0 aliphatic rings. The van der Waals surface area contributed by atoms with E-state index in [-0.39, 0.29) is 22.6 Å². The fourth-order valence-corrected chi connectivity index (χ4v) is 4.66. The van der Waals surface area contributed by atoms with Crippen LogP contribution in [0.2, 0.25) is 0 Å². The molecule has 0 saturated heterocycles. The highest BCUT2D eigenvalue weighted by molar-refractivity contribution is 7.90. The Balaban J connectivity index is 2.15. The molecule has 0 aliphatic carbocycles. The number of halogens is 1. The Morgan fingerprint density at radius 2 is 1.87 bits per heavy atom. The average Bonchev–Trinajstić information content (AvgIpc) is 3.12. The molecule has 1 unspecified atom stereocenters. The molecule has 0 bridgehead atoms. The minimum atomic E-state index is -4.02. The van der Waals surface area contributed by atoms with Crippen molar-refractivity contribution in [3.63, 3.8) is 0 Å². The normalized spacial score (nSPS) is 13.0. The van der Waals surface area contributed by atoms with Crippen molar-refractivity contribution in [3.05, 3.63) is 72.4 Å². The maximum Gasteiger partial charge on any atom is 0.404 e. The number of hydrogen-bond acceptors (Lipinski definition) is 4. The van der Waals surface area contributed by atoms with E-state index in [0.717, 1.165) is 3.97 Å². The quantitative estimate of drug-likeness (QED) is 0.555. The maximum atomic E-state index is 14.5. The van der Waals surface area contributed by atoms with Gasteiger partial charge in [-0.2, -0.15) is 4.39 Å². The number of aromatic nitrogens is 2. The second-order valence-electron chi connectivity index (χ2n) is 8.26. The Morgan fingerprint density at radius 3 is 2.45 bits per heavy atom. The molecule has 3 rings (SSSR count). The van der Waals surface area contributed by atoms with Gasteiger partial charge in [-0.05, 0) is 47.7 Å². The van der Waals surface area contributed by atoms with Crippen molar-refractivity contribution in [2.24, 2.45) is 5.41 Å². The second-order valence-corrected chi connectivity index (χ2v) is 10.1. The lowest BCUT2D eigenvalue weighted by Crippen LogP contribution is -2.44. The number of hydrogen-bond donors (Lipinski definition) is 2. The first-order chi connectivity index (χ1) is 14.5. The Bertz CT molecular complexity index is 1180. The Hall–Kier alpha value is -3.20. The molecule has 164 valence electrons. The van der Waals surface area contributed by atoms with Gasteiger partial charge in [0.15, 0.2) is 0 Å². The first-order valence-corrected chi connectivity index (χ1v) is 11.1. The third kappa shape index (κ3) is 4.93. The van der Waals surface area contributed by atoms with Crippen LogP contribution in [-0.2, 0) is 16.4 Å². The summed E-state index contributed by atoms with van der Waals surface area (Å²) in [5.74, 6) is -0.798. The van der Waals surface area contributed by atoms with Gasteiger partial charge in [0, 0.05) is 18.4 Å². The predicted octanol–water partition coefficient (Wildman–Crippen LogP) is 4.15. The monoisotopic (exact) mass is 445 g/mol. The van der Waals surface area contributed by atoms with Crippen LogP contribution in [0.3, 0.4) is 0 Å². The van der Waals surface area contributed by atoms with E-state index in [0.29, 0.717) is 5.56 Å². The third-order valence-corrected chi connectivity index (χ3v) is 6.65. The van der Waals surface area contributed by atoms with Gasteiger partial charge in [-0.3, -0.25) is 0 Å². The SMILES string of the molecule is CC(C)(C)C(Cc1cc(-c2cccnc2F)n(S(=O)(=O)c2ccccc2)c1)NC(=O)O. The molecule has 7 nitrogen and oxygen atoms in total. The molecule has 31 heavy (non-hydrogen) atoms. The Morgan fingerprint density at radius 1 is 1.19 bits per heavy atom. The molecule has 1 amide bonds. The molecule has 2 aromatic heterocycles. The number of carboxylic acid groups (broad SMARTS) is 1. The summed E-state index contributed by atoms with van der Waals surface area (Å²) in [7, 11) is -4.02. The lowest BCUT2D eigenvalue weighted by Gasteiger charge is -2.30. The van der Waals surface area contributed by atoms with Crippen LogP contribution >= 0.6 is 0 Å². The van der Waals surface area contributed by atoms with E-state index in [9.17, 15) is 22.7 Å². The number of carbonyl (C=O) groups is 1. The van der Waals surface area contributed by atoms with E-state index in [2.05, 4.69) is 10.3 Å². The van der Waals surface area contributed by atoms with Crippen LogP contribution in [0, 0.1) is 11.4 Å². The van der Waals surface area contributed by atoms with Gasteiger partial charge in [0.2, 0.25) is 5.95 Å². The molecule has 9 heteroatoms. The first kappa shape index (κ1) is 22.5. The third-order valence-electron chi connectivity index (χ3n) is 4.96. The van der Waals surface area contributed by atoms with Gasteiger partial charge in [-0.15, -0.1) is 0 Å². The Labute approximate surface area is 180 Å². The predicted molar refractivity (Wildman–Crippen MR) is 115 cm³/mol. The summed E-state index contributed by atoms with van der Waals surface area (Å²) in [5, 5.41) is 11.7. The molecule has 0 radical (unpaired) electrons. The van der Waals surface area contributed by atoms with Crippen LogP contribution in [-0.4, -0.2) is 34.6 Å². The van der Waals surface area contributed by atoms with Crippen molar-refractivity contribution in [2.45, 2.75) is 38.1 Å². The van der Waals surface area contributed by atoms with Gasteiger partial charge in [-0.25, -0.2) is 22.2 Å². The molecule has 2 heterocycles. The standard InChI is InChI=1S/C22H24FN3O4S/c1-22(2,3)19(25-21(27)28)13-15-12-18(17-10-7-11-24-20(17)23)26(14-15)31(29,30)16-8-5-4-6-9-16/h4-12,14,19,25H,13H2,1-3H3,(H,27,28). The highest BCUT2D eigenvalue weighted by Crippen LogP contribution is 2.30. The second kappa shape index (κ2) is 8.50. The molecule has 2 N–H and O–H groups in total. The summed E-state index contributed by atoms with van der Waals surface area (Å²) in [6, 6.07) is 11.9. The summed E-state index contributed by atoms with van der Waals surface area (Å²) in [5.41, 5.74) is 0.268. The van der Waals surface area contributed by atoms with Crippen molar-refractivity contribution in [1.82, 2.24) is 14.3 Å². The van der Waals surface area contributed by atoms with Crippen molar-refractivity contribution in [3.8, 4) is 11.3 Å². The van der Waals surface area contributed by atoms with E-state index in [4.69, 9.17) is 0 Å². The number of nitrogens with zero attached hydrogens (tertiary/aromatic N) is 2. The van der Waals surface area contributed by atoms with Crippen LogP contribution < -0.4 is 5.32 Å². The zero-order valence-electron chi connectivity index (χ0n) is 17.4. The van der Waals surface area contributed by atoms with Gasteiger partial charge < -0.3 is 10.4 Å². The van der Waals surface area contributed by atoms with Gasteiger partial charge in [0.25, 0.3) is 10.0 Å². The first-order valence-electron chi connectivity index (χ1n) is 9.62. The molecule has 3 aromatic rings. The van der Waals surface area contributed by atoms with Gasteiger partial charge in [0.05, 0.1) is 16.2 Å². The molecule has 0 fully saturated rings. The van der Waals surface area contributed by atoms with Gasteiger partial charge in [0.1, 0.15) is 0 Å². The van der Waals surface area contributed by atoms with E-state index in [1.807, 2.05) is 20.8 Å². The van der Waals surface area contributed by atoms with Crippen molar-refractivity contribution in [2.75, 3.05) is 0 Å². The molecule has 0 saturated carbocycles. The van der Waals surface area contributed by atoms with E-state index in [1.54, 1.807) is 24.3 Å². The zero-order valence-corrected chi connectivity index (χ0v) is 18.2. The fourth-order valence-electron chi connectivity index (χ4n) is 3.25. The summed E-state index contributed by atoms with van der Waals surface area (Å²) < 4.78 is 42.1. The lowest BCUT2D eigenvalue weighted by molar-refractivity contribution is 0.174. The van der Waals surface area contributed by atoms with Crippen molar-refractivity contribution < 1.29 is 22.7 Å². The minimum Gasteiger partial charge on any atom is -0.465 e. The van der Waals surface area contributed by atoms with Crippen LogP contribution in [0.4, 0.5) is 9.18 Å². The smallest absolute Gasteiger partial charge is 0.404 e. The summed E-state index contributed by atoms with van der Waals surface area (Å²) in [6.45, 7) is 5.65. The summed E-state index contributed by atoms with van der Waals surface area (Å²) >= 11 is 0. The topological polar surface area (TPSA) is 101 Å². The van der Waals surface area contributed by atoms with Crippen molar-refractivity contribution >= 4 is 16.1 Å². The molecular weight excluding hydrogens is 421 g/mol. The summed E-state index contributed by atoms with van der Waals surface area (Å²) in [6.07, 6.45) is 1.74. The highest BCUT2D eigenvalue weighted by atomic mass is 32.2. The van der Waals surface area contributed by atoms with Gasteiger partial charge in [-0.1, -0.05) is 39.0 Å². The molecular formula is C22H24FN3O4S. The lowest BCUT2D eigenvalue weighted by atomic mass is 9.83. The van der Waals surface area contributed by atoms with Crippen LogP contribution in [0.5, 0.6) is 0 Å². The van der Waals surface area contributed by atoms with Crippen LogP contribution in [0.25, 0.3) is 11.3 Å². The fraction of sp³-hybridized carbons (Fsp3) is 0.273. The largest absolute Gasteiger partial charge is 0.465 e. The number of rotatable bonds is 6. The van der Waals surface area contributed by atoms with E-state index < -0.39 is 33.5 Å². The zero-order chi connectivity index (χ0) is 22.8.